The van der Waals surface area contributed by atoms with Crippen LogP contribution in [0.25, 0.3) is 0 Å². The predicted molar refractivity (Wildman–Crippen MR) is 82.4 cm³/mol. The molecule has 1 unspecified atom stereocenters. The maximum Gasteiger partial charge on any atom is 0.238 e. The number of sulfonamides is 1. The van der Waals surface area contributed by atoms with Gasteiger partial charge in [-0.2, -0.15) is 0 Å². The fourth-order valence-electron chi connectivity index (χ4n) is 2.50. The van der Waals surface area contributed by atoms with E-state index in [1.165, 1.54) is 0 Å². The van der Waals surface area contributed by atoms with Crippen molar-refractivity contribution in [2.24, 2.45) is 10.6 Å². The largest absolute Gasteiger partial charge is 0.381 e. The van der Waals surface area contributed by atoms with E-state index < -0.39 is 10.0 Å². The highest BCUT2D eigenvalue weighted by molar-refractivity contribution is 7.89. The molecule has 2 rings (SSSR count). The quantitative estimate of drug-likeness (QED) is 0.868. The highest BCUT2D eigenvalue weighted by Crippen LogP contribution is 2.29. The normalized spacial score (nSPS) is 20.1. The van der Waals surface area contributed by atoms with Crippen molar-refractivity contribution in [1.29, 1.82) is 0 Å². The van der Waals surface area contributed by atoms with Crippen molar-refractivity contribution in [1.82, 2.24) is 5.32 Å². The van der Waals surface area contributed by atoms with E-state index in [-0.39, 0.29) is 16.4 Å². The Hall–Kier alpha value is -0.950. The van der Waals surface area contributed by atoms with Gasteiger partial charge in [-0.15, -0.1) is 0 Å². The molecule has 0 spiro atoms. The summed E-state index contributed by atoms with van der Waals surface area (Å²) in [5.41, 5.74) is 1.32. The number of primary sulfonamides is 1. The highest BCUT2D eigenvalue weighted by atomic mass is 32.2. The van der Waals surface area contributed by atoms with Crippen molar-refractivity contribution >= 4 is 10.0 Å². The summed E-state index contributed by atoms with van der Waals surface area (Å²) >= 11 is 0. The molecule has 0 saturated carbocycles. The molecule has 1 aliphatic heterocycles. The van der Waals surface area contributed by atoms with E-state index in [2.05, 4.69) is 19.2 Å². The summed E-state index contributed by atoms with van der Waals surface area (Å²) in [6.45, 7) is 6.94. The van der Waals surface area contributed by atoms with E-state index in [1.54, 1.807) is 12.1 Å². The molecule has 0 aromatic heterocycles. The maximum absolute atomic E-state index is 11.2. The average molecular weight is 312 g/mol. The van der Waals surface area contributed by atoms with Crippen LogP contribution in [-0.4, -0.2) is 28.2 Å². The van der Waals surface area contributed by atoms with Gasteiger partial charge in [0, 0.05) is 25.8 Å². The number of benzene rings is 1. The number of hydrogen-bond donors (Lipinski definition) is 2. The number of nitrogens with two attached hydrogens (primary N) is 1. The van der Waals surface area contributed by atoms with Gasteiger partial charge in [0.1, 0.15) is 0 Å². The smallest absolute Gasteiger partial charge is 0.238 e. The standard InChI is InChI=1S/C15H24N2O3S/c1-12(17-11-15(2)7-9-20-10-8-15)13-3-5-14(6-4-13)21(16,18)19/h3-6,12,17H,7-11H2,1-2H3,(H2,16,18,19). The van der Waals surface area contributed by atoms with Gasteiger partial charge in [-0.25, -0.2) is 13.6 Å². The van der Waals surface area contributed by atoms with Gasteiger partial charge in [-0.05, 0) is 42.9 Å². The lowest BCUT2D eigenvalue weighted by molar-refractivity contribution is 0.0231. The van der Waals surface area contributed by atoms with Crippen LogP contribution in [0.3, 0.4) is 0 Å². The van der Waals surface area contributed by atoms with Crippen molar-refractivity contribution < 1.29 is 13.2 Å². The van der Waals surface area contributed by atoms with Crippen molar-refractivity contribution in [2.45, 2.75) is 37.6 Å². The van der Waals surface area contributed by atoms with Crippen LogP contribution in [0.15, 0.2) is 29.2 Å². The molecule has 0 radical (unpaired) electrons. The van der Waals surface area contributed by atoms with E-state index in [9.17, 15) is 8.42 Å². The fraction of sp³-hybridized carbons (Fsp3) is 0.600. The van der Waals surface area contributed by atoms with Gasteiger partial charge in [0.15, 0.2) is 0 Å². The van der Waals surface area contributed by atoms with Gasteiger partial charge in [0.25, 0.3) is 0 Å². The summed E-state index contributed by atoms with van der Waals surface area (Å²) in [6, 6.07) is 6.89. The van der Waals surface area contributed by atoms with Crippen LogP contribution in [0.4, 0.5) is 0 Å². The molecule has 21 heavy (non-hydrogen) atoms. The van der Waals surface area contributed by atoms with Gasteiger partial charge in [-0.3, -0.25) is 0 Å². The number of rotatable bonds is 5. The molecule has 0 bridgehead atoms. The van der Waals surface area contributed by atoms with E-state index in [0.717, 1.165) is 38.2 Å². The van der Waals surface area contributed by atoms with Crippen LogP contribution in [0, 0.1) is 5.41 Å². The first-order valence-corrected chi connectivity index (χ1v) is 8.79. The SMILES string of the molecule is CC(NCC1(C)CCOCC1)c1ccc(S(N)(=O)=O)cc1. The van der Waals surface area contributed by atoms with Crippen LogP contribution < -0.4 is 10.5 Å². The lowest BCUT2D eigenvalue weighted by Gasteiger charge is -2.34. The van der Waals surface area contributed by atoms with Crippen LogP contribution in [0.2, 0.25) is 0 Å². The molecule has 1 aromatic carbocycles. The van der Waals surface area contributed by atoms with Crippen LogP contribution in [0.5, 0.6) is 0 Å². The first-order valence-electron chi connectivity index (χ1n) is 7.24. The van der Waals surface area contributed by atoms with Crippen molar-refractivity contribution in [2.75, 3.05) is 19.8 Å². The minimum atomic E-state index is -3.62. The Morgan fingerprint density at radius 2 is 1.86 bits per heavy atom. The molecule has 1 saturated heterocycles. The highest BCUT2D eigenvalue weighted by Gasteiger charge is 2.27. The Balaban J connectivity index is 1.95. The Morgan fingerprint density at radius 1 is 1.29 bits per heavy atom. The second-order valence-electron chi connectivity index (χ2n) is 6.14. The average Bonchev–Trinajstić information content (AvgIpc) is 2.45. The number of nitrogens with one attached hydrogen (secondary N) is 1. The summed E-state index contributed by atoms with van der Waals surface area (Å²) in [6.07, 6.45) is 2.13. The minimum Gasteiger partial charge on any atom is -0.381 e. The second-order valence-corrected chi connectivity index (χ2v) is 7.70. The topological polar surface area (TPSA) is 81.4 Å². The third kappa shape index (κ3) is 4.51. The predicted octanol–water partition coefficient (Wildman–Crippen LogP) is 1.80. The van der Waals surface area contributed by atoms with Gasteiger partial charge in [0.2, 0.25) is 10.0 Å². The van der Waals surface area contributed by atoms with Crippen molar-refractivity contribution in [3.63, 3.8) is 0 Å². The second kappa shape index (κ2) is 6.44. The fourth-order valence-corrected chi connectivity index (χ4v) is 3.02. The third-order valence-electron chi connectivity index (χ3n) is 4.24. The van der Waals surface area contributed by atoms with Crippen molar-refractivity contribution in [3.05, 3.63) is 29.8 Å². The first kappa shape index (κ1) is 16.4. The molecule has 1 aromatic rings. The van der Waals surface area contributed by atoms with E-state index in [1.807, 2.05) is 12.1 Å². The van der Waals surface area contributed by atoms with Crippen LogP contribution in [-0.2, 0) is 14.8 Å². The van der Waals surface area contributed by atoms with Crippen molar-refractivity contribution in [3.8, 4) is 0 Å². The molecule has 5 nitrogen and oxygen atoms in total. The molecule has 1 atom stereocenters. The summed E-state index contributed by atoms with van der Waals surface area (Å²) in [5.74, 6) is 0. The van der Waals surface area contributed by atoms with Gasteiger partial charge in [0.05, 0.1) is 4.90 Å². The van der Waals surface area contributed by atoms with Gasteiger partial charge >= 0.3 is 0 Å². The zero-order valence-corrected chi connectivity index (χ0v) is 13.4. The summed E-state index contributed by atoms with van der Waals surface area (Å²) in [7, 11) is -3.62. The minimum absolute atomic E-state index is 0.148. The number of ether oxygens (including phenoxy) is 1. The Labute approximate surface area is 126 Å². The molecule has 6 heteroatoms. The van der Waals surface area contributed by atoms with Gasteiger partial charge < -0.3 is 10.1 Å². The summed E-state index contributed by atoms with van der Waals surface area (Å²) < 4.78 is 27.9. The molecular formula is C15H24N2O3S. The Bertz CT molecular complexity index is 563. The van der Waals surface area contributed by atoms with E-state index in [0.29, 0.717) is 0 Å². The maximum atomic E-state index is 11.2. The number of hydrogen-bond acceptors (Lipinski definition) is 4. The van der Waals surface area contributed by atoms with Gasteiger partial charge in [-0.1, -0.05) is 19.1 Å². The lowest BCUT2D eigenvalue weighted by atomic mass is 9.82. The van der Waals surface area contributed by atoms with Crippen LogP contribution >= 0.6 is 0 Å². The first-order chi connectivity index (χ1) is 9.80. The Kier molecular flexibility index (Phi) is 5.03. The zero-order chi connectivity index (χ0) is 15.5. The molecule has 1 heterocycles. The third-order valence-corrected chi connectivity index (χ3v) is 5.17. The summed E-state index contributed by atoms with van der Waals surface area (Å²) in [4.78, 5) is 0.148. The van der Waals surface area contributed by atoms with E-state index >= 15 is 0 Å². The molecule has 1 fully saturated rings. The monoisotopic (exact) mass is 312 g/mol. The van der Waals surface area contributed by atoms with Crippen LogP contribution in [0.1, 0.15) is 38.3 Å². The Morgan fingerprint density at radius 3 is 2.38 bits per heavy atom. The molecule has 118 valence electrons. The molecular weight excluding hydrogens is 288 g/mol. The lowest BCUT2D eigenvalue weighted by Crippen LogP contribution is -2.37. The van der Waals surface area contributed by atoms with E-state index in [4.69, 9.17) is 9.88 Å². The summed E-state index contributed by atoms with van der Waals surface area (Å²) in [5, 5.41) is 8.63. The zero-order valence-electron chi connectivity index (χ0n) is 12.6. The molecule has 0 amide bonds. The molecule has 3 N–H and O–H groups in total. The molecule has 0 aliphatic carbocycles. The molecule has 1 aliphatic rings.